The molecular formula is C17H24O5. The number of ether oxygens (including phenoxy) is 2. The summed E-state index contributed by atoms with van der Waals surface area (Å²) in [6.07, 6.45) is 2.54. The summed E-state index contributed by atoms with van der Waals surface area (Å²) in [7, 11) is 0. The Morgan fingerprint density at radius 1 is 1.59 bits per heavy atom. The van der Waals surface area contributed by atoms with Crippen molar-refractivity contribution in [2.45, 2.75) is 58.3 Å². The van der Waals surface area contributed by atoms with E-state index in [2.05, 4.69) is 6.58 Å². The minimum absolute atomic E-state index is 0.00513. The highest BCUT2D eigenvalue weighted by molar-refractivity contribution is 5.90. The summed E-state index contributed by atoms with van der Waals surface area (Å²) >= 11 is 0. The van der Waals surface area contributed by atoms with Crippen molar-refractivity contribution in [3.05, 3.63) is 23.8 Å². The molecule has 1 aliphatic heterocycles. The number of carbonyl (C=O) groups excluding carboxylic acids is 2. The van der Waals surface area contributed by atoms with Crippen LogP contribution in [0.2, 0.25) is 0 Å². The van der Waals surface area contributed by atoms with Crippen LogP contribution in [0.15, 0.2) is 23.8 Å². The van der Waals surface area contributed by atoms with E-state index >= 15 is 0 Å². The highest BCUT2D eigenvalue weighted by atomic mass is 16.6. The van der Waals surface area contributed by atoms with E-state index in [1.165, 1.54) is 6.92 Å². The monoisotopic (exact) mass is 308 g/mol. The average molecular weight is 308 g/mol. The molecule has 5 atom stereocenters. The molecule has 0 aromatic carbocycles. The van der Waals surface area contributed by atoms with Gasteiger partial charge in [0, 0.05) is 24.8 Å². The summed E-state index contributed by atoms with van der Waals surface area (Å²) in [6, 6.07) is 0. The molecule has 1 fully saturated rings. The lowest BCUT2D eigenvalue weighted by Gasteiger charge is -2.23. The fraction of sp³-hybridized carbons (Fsp3) is 0.647. The molecule has 2 unspecified atom stereocenters. The van der Waals surface area contributed by atoms with Crippen molar-refractivity contribution in [2.24, 2.45) is 11.8 Å². The lowest BCUT2D eigenvalue weighted by Crippen LogP contribution is -2.25. The van der Waals surface area contributed by atoms with E-state index < -0.39 is 6.10 Å². The van der Waals surface area contributed by atoms with Gasteiger partial charge in [-0.3, -0.25) is 4.79 Å². The maximum absolute atomic E-state index is 11.6. The van der Waals surface area contributed by atoms with Gasteiger partial charge in [0.2, 0.25) is 0 Å². The van der Waals surface area contributed by atoms with Crippen LogP contribution < -0.4 is 0 Å². The predicted octanol–water partition coefficient (Wildman–Crippen LogP) is 2.14. The molecule has 2 aliphatic rings. The SMILES string of the molecule is C=C1C(=O)O[C@H]2C[C@H](C)C(C(O)CC(C)OC(C)=O)=CC[C@H]12. The number of rotatable bonds is 4. The third-order valence-electron chi connectivity index (χ3n) is 4.49. The zero-order valence-corrected chi connectivity index (χ0v) is 13.4. The second-order valence-corrected chi connectivity index (χ2v) is 6.32. The highest BCUT2D eigenvalue weighted by Gasteiger charge is 2.41. The molecule has 0 spiro atoms. The molecular weight excluding hydrogens is 284 g/mol. The Labute approximate surface area is 131 Å². The number of fused-ring (bicyclic) bond motifs is 1. The molecule has 1 saturated heterocycles. The van der Waals surface area contributed by atoms with Gasteiger partial charge in [0.25, 0.3) is 0 Å². The topological polar surface area (TPSA) is 72.8 Å². The van der Waals surface area contributed by atoms with Gasteiger partial charge in [-0.15, -0.1) is 0 Å². The normalized spacial score (nSPS) is 30.7. The van der Waals surface area contributed by atoms with E-state index in [4.69, 9.17) is 9.47 Å². The third-order valence-corrected chi connectivity index (χ3v) is 4.49. The fourth-order valence-corrected chi connectivity index (χ4v) is 3.37. The van der Waals surface area contributed by atoms with Crippen molar-refractivity contribution >= 4 is 11.9 Å². The predicted molar refractivity (Wildman–Crippen MR) is 80.8 cm³/mol. The van der Waals surface area contributed by atoms with Crippen LogP contribution in [0.1, 0.15) is 40.0 Å². The Kier molecular flexibility index (Phi) is 5.06. The first-order chi connectivity index (χ1) is 10.3. The van der Waals surface area contributed by atoms with Crippen molar-refractivity contribution in [1.82, 2.24) is 0 Å². The quantitative estimate of drug-likeness (QED) is 0.489. The Morgan fingerprint density at radius 3 is 2.91 bits per heavy atom. The molecule has 0 radical (unpaired) electrons. The summed E-state index contributed by atoms with van der Waals surface area (Å²) in [5, 5.41) is 10.4. The summed E-state index contributed by atoms with van der Waals surface area (Å²) in [6.45, 7) is 8.96. The zero-order chi connectivity index (χ0) is 16.4. The minimum Gasteiger partial charge on any atom is -0.463 e. The van der Waals surface area contributed by atoms with Crippen LogP contribution >= 0.6 is 0 Å². The van der Waals surface area contributed by atoms with Crippen LogP contribution in [0, 0.1) is 11.8 Å². The van der Waals surface area contributed by atoms with Crippen LogP contribution in [0.3, 0.4) is 0 Å². The van der Waals surface area contributed by atoms with Gasteiger partial charge < -0.3 is 14.6 Å². The number of allylic oxidation sites excluding steroid dienone is 1. The van der Waals surface area contributed by atoms with E-state index in [-0.39, 0.29) is 36.0 Å². The molecule has 1 heterocycles. The van der Waals surface area contributed by atoms with E-state index in [9.17, 15) is 14.7 Å². The number of aliphatic hydroxyl groups excluding tert-OH is 1. The minimum atomic E-state index is -0.660. The summed E-state index contributed by atoms with van der Waals surface area (Å²) in [5.41, 5.74) is 1.45. The number of hydrogen-bond donors (Lipinski definition) is 1. The number of aliphatic hydroxyl groups is 1. The first-order valence-corrected chi connectivity index (χ1v) is 7.74. The molecule has 5 nitrogen and oxygen atoms in total. The Balaban J connectivity index is 2.04. The molecule has 0 aromatic rings. The van der Waals surface area contributed by atoms with Crippen LogP contribution in [-0.2, 0) is 19.1 Å². The van der Waals surface area contributed by atoms with Crippen molar-refractivity contribution < 1.29 is 24.2 Å². The van der Waals surface area contributed by atoms with Crippen LogP contribution in [0.25, 0.3) is 0 Å². The van der Waals surface area contributed by atoms with Gasteiger partial charge in [-0.25, -0.2) is 4.79 Å². The van der Waals surface area contributed by atoms with Crippen LogP contribution in [0.5, 0.6) is 0 Å². The van der Waals surface area contributed by atoms with E-state index in [0.717, 1.165) is 5.57 Å². The molecule has 0 aromatic heterocycles. The van der Waals surface area contributed by atoms with Gasteiger partial charge in [-0.1, -0.05) is 19.6 Å². The lowest BCUT2D eigenvalue weighted by atomic mass is 9.89. The largest absolute Gasteiger partial charge is 0.463 e. The van der Waals surface area contributed by atoms with Crippen molar-refractivity contribution in [1.29, 1.82) is 0 Å². The molecule has 22 heavy (non-hydrogen) atoms. The second kappa shape index (κ2) is 6.65. The molecule has 122 valence electrons. The Morgan fingerprint density at radius 2 is 2.27 bits per heavy atom. The maximum Gasteiger partial charge on any atom is 0.334 e. The van der Waals surface area contributed by atoms with Crippen LogP contribution in [0.4, 0.5) is 0 Å². The summed E-state index contributed by atoms with van der Waals surface area (Å²) in [4.78, 5) is 22.5. The number of esters is 2. The van der Waals surface area contributed by atoms with Gasteiger partial charge in [0.15, 0.2) is 0 Å². The van der Waals surface area contributed by atoms with Gasteiger partial charge in [-0.05, 0) is 31.3 Å². The Hall–Kier alpha value is -1.62. The molecule has 0 bridgehead atoms. The molecule has 1 N–H and O–H groups in total. The van der Waals surface area contributed by atoms with Crippen molar-refractivity contribution in [3.8, 4) is 0 Å². The van der Waals surface area contributed by atoms with Gasteiger partial charge >= 0.3 is 11.9 Å². The van der Waals surface area contributed by atoms with E-state index in [0.29, 0.717) is 24.8 Å². The molecule has 0 saturated carbocycles. The standard InChI is InChI=1S/C17H24O5/c1-9-7-16-14(11(3)17(20)22-16)6-5-13(9)15(19)8-10(2)21-12(4)18/h5,9-10,14-16,19H,3,6-8H2,1-2,4H3/t9-,10?,14+,15?,16-/m0/s1. The second-order valence-electron chi connectivity index (χ2n) is 6.32. The van der Waals surface area contributed by atoms with E-state index in [1.54, 1.807) is 6.92 Å². The molecule has 0 amide bonds. The lowest BCUT2D eigenvalue weighted by molar-refractivity contribution is -0.146. The highest BCUT2D eigenvalue weighted by Crippen LogP contribution is 2.39. The Bertz CT molecular complexity index is 507. The maximum atomic E-state index is 11.6. The number of carbonyl (C=O) groups is 2. The summed E-state index contributed by atoms with van der Waals surface area (Å²) < 4.78 is 10.4. The zero-order valence-electron chi connectivity index (χ0n) is 13.4. The number of hydrogen-bond acceptors (Lipinski definition) is 5. The van der Waals surface area contributed by atoms with Gasteiger partial charge in [-0.2, -0.15) is 0 Å². The molecule has 2 rings (SSSR count). The van der Waals surface area contributed by atoms with E-state index in [1.807, 2.05) is 13.0 Å². The van der Waals surface area contributed by atoms with Crippen LogP contribution in [-0.4, -0.2) is 35.4 Å². The first kappa shape index (κ1) is 16.7. The fourth-order valence-electron chi connectivity index (χ4n) is 3.37. The first-order valence-electron chi connectivity index (χ1n) is 7.74. The third kappa shape index (κ3) is 3.58. The van der Waals surface area contributed by atoms with Gasteiger partial charge in [0.1, 0.15) is 12.2 Å². The molecule has 1 aliphatic carbocycles. The molecule has 5 heteroatoms. The smallest absolute Gasteiger partial charge is 0.334 e. The average Bonchev–Trinajstić information content (AvgIpc) is 2.56. The van der Waals surface area contributed by atoms with Crippen molar-refractivity contribution in [3.63, 3.8) is 0 Å². The van der Waals surface area contributed by atoms with Crippen molar-refractivity contribution in [2.75, 3.05) is 0 Å². The summed E-state index contributed by atoms with van der Waals surface area (Å²) in [5.74, 6) is -0.540. The van der Waals surface area contributed by atoms with Gasteiger partial charge in [0.05, 0.1) is 6.10 Å².